The monoisotopic (exact) mass is 334 g/mol. The molecule has 0 amide bonds. The highest BCUT2D eigenvalue weighted by molar-refractivity contribution is 5.68. The fourth-order valence-corrected chi connectivity index (χ4v) is 2.19. The molecule has 0 fully saturated rings. The first kappa shape index (κ1) is 16.0. The maximum atomic E-state index is 12.8. The van der Waals surface area contributed by atoms with E-state index in [0.29, 0.717) is 17.0 Å². The van der Waals surface area contributed by atoms with Gasteiger partial charge < -0.3 is 9.15 Å². The number of rotatable bonds is 4. The number of alkyl halides is 3. The molecule has 1 unspecified atom stereocenters. The zero-order chi connectivity index (χ0) is 17.2. The topological polar surface area (TPSA) is 48.2 Å². The van der Waals surface area contributed by atoms with Gasteiger partial charge in [-0.15, -0.1) is 0 Å². The Kier molecular flexibility index (Phi) is 4.24. The average molecular weight is 334 g/mol. The summed E-state index contributed by atoms with van der Waals surface area (Å²) in [6, 6.07) is 1.66. The Labute approximate surface area is 136 Å². The van der Waals surface area contributed by atoms with E-state index in [0.717, 1.165) is 12.2 Å². The molecule has 2 heterocycles. The van der Waals surface area contributed by atoms with Gasteiger partial charge in [0, 0.05) is 6.20 Å². The summed E-state index contributed by atoms with van der Waals surface area (Å²) in [7, 11) is 0. The van der Waals surface area contributed by atoms with Crippen LogP contribution in [-0.4, -0.2) is 22.8 Å². The van der Waals surface area contributed by atoms with Gasteiger partial charge in [0.2, 0.25) is 5.89 Å². The number of hydrogen-bond donors (Lipinski definition) is 0. The quantitative estimate of drug-likeness (QED) is 0.771. The van der Waals surface area contributed by atoms with Crippen LogP contribution in [0.1, 0.15) is 11.5 Å². The molecule has 0 bridgehead atoms. The summed E-state index contributed by atoms with van der Waals surface area (Å²) in [6.45, 7) is 3.86. The Morgan fingerprint density at radius 1 is 1.29 bits per heavy atom. The van der Waals surface area contributed by atoms with Crippen molar-refractivity contribution >= 4 is 12.2 Å². The molecule has 2 aromatic heterocycles. The normalized spacial score (nSPS) is 16.5. The Morgan fingerprint density at radius 2 is 2.08 bits per heavy atom. The third-order valence-electron chi connectivity index (χ3n) is 3.35. The molecule has 24 heavy (non-hydrogen) atoms. The fraction of sp³-hybridized carbons (Fsp3) is 0.176. The number of ether oxygens (including phenoxy) is 1. The smallest absolute Gasteiger partial charge is 0.398 e. The zero-order valence-electron chi connectivity index (χ0n) is 12.5. The predicted octanol–water partition coefficient (Wildman–Crippen LogP) is 4.52. The molecule has 0 spiro atoms. The molecule has 4 nitrogen and oxygen atoms in total. The largest absolute Gasteiger partial charge is 0.487 e. The van der Waals surface area contributed by atoms with Crippen LogP contribution in [0.5, 0.6) is 5.75 Å². The van der Waals surface area contributed by atoms with Gasteiger partial charge in [-0.3, -0.25) is 4.98 Å². The molecule has 1 aliphatic carbocycles. The number of nitrogens with zero attached hydrogens (tertiary/aromatic N) is 2. The molecule has 0 aromatic carbocycles. The minimum absolute atomic E-state index is 0.251. The van der Waals surface area contributed by atoms with E-state index in [9.17, 15) is 13.2 Å². The van der Waals surface area contributed by atoms with Gasteiger partial charge in [0.25, 0.3) is 0 Å². The Bertz CT molecular complexity index is 775. The van der Waals surface area contributed by atoms with Crippen molar-refractivity contribution in [1.82, 2.24) is 9.97 Å². The van der Waals surface area contributed by atoms with Crippen molar-refractivity contribution in [3.63, 3.8) is 0 Å². The molecule has 1 atom stereocenters. The van der Waals surface area contributed by atoms with Gasteiger partial charge in [-0.1, -0.05) is 24.8 Å². The van der Waals surface area contributed by atoms with Crippen LogP contribution in [-0.2, 0) is 0 Å². The zero-order valence-corrected chi connectivity index (χ0v) is 12.5. The third-order valence-corrected chi connectivity index (χ3v) is 3.35. The first-order chi connectivity index (χ1) is 11.5. The highest BCUT2D eigenvalue weighted by Gasteiger charge is 2.36. The van der Waals surface area contributed by atoms with Crippen LogP contribution in [0.4, 0.5) is 13.2 Å². The van der Waals surface area contributed by atoms with Crippen molar-refractivity contribution in [2.45, 2.75) is 6.18 Å². The second-order valence-electron chi connectivity index (χ2n) is 5.03. The van der Waals surface area contributed by atoms with Gasteiger partial charge in [0.05, 0.1) is 17.7 Å². The number of hydrogen-bond acceptors (Lipinski definition) is 4. The van der Waals surface area contributed by atoms with Gasteiger partial charge in [-0.25, -0.2) is 4.98 Å². The number of oxazole rings is 1. The van der Waals surface area contributed by atoms with E-state index in [1.807, 2.05) is 0 Å². The Morgan fingerprint density at radius 3 is 2.83 bits per heavy atom. The average Bonchev–Trinajstić information content (AvgIpc) is 2.84. The standard InChI is InChI=1S/C17H13F3N2O2/c1-2-9-23-15-10-21-8-7-12(15)16-22-13-5-3-11(17(18,19)20)4-6-14(13)24-16/h2-8,10-11H,1,9H2. The fourth-order valence-electron chi connectivity index (χ4n) is 2.19. The summed E-state index contributed by atoms with van der Waals surface area (Å²) in [6.07, 6.45) is 5.01. The summed E-state index contributed by atoms with van der Waals surface area (Å²) in [5.74, 6) is -0.687. The van der Waals surface area contributed by atoms with Gasteiger partial charge in [-0.05, 0) is 18.2 Å². The van der Waals surface area contributed by atoms with Crippen LogP contribution in [0.25, 0.3) is 23.6 Å². The van der Waals surface area contributed by atoms with Crippen molar-refractivity contribution in [2.75, 3.05) is 6.61 Å². The van der Waals surface area contributed by atoms with E-state index in [1.54, 1.807) is 18.3 Å². The molecule has 3 rings (SSSR count). The van der Waals surface area contributed by atoms with Gasteiger partial charge in [0.1, 0.15) is 12.3 Å². The number of pyridine rings is 1. The van der Waals surface area contributed by atoms with Crippen LogP contribution in [0.15, 0.2) is 47.7 Å². The second-order valence-corrected chi connectivity index (χ2v) is 5.03. The highest BCUT2D eigenvalue weighted by atomic mass is 19.4. The van der Waals surface area contributed by atoms with Crippen molar-refractivity contribution in [1.29, 1.82) is 0 Å². The van der Waals surface area contributed by atoms with Gasteiger partial charge in [0.15, 0.2) is 11.5 Å². The lowest BCUT2D eigenvalue weighted by atomic mass is 10.1. The number of fused-ring (bicyclic) bond motifs is 1. The molecule has 7 heteroatoms. The van der Waals surface area contributed by atoms with Crippen molar-refractivity contribution in [3.05, 3.63) is 54.7 Å². The van der Waals surface area contributed by atoms with Crippen molar-refractivity contribution < 1.29 is 22.3 Å². The first-order valence-corrected chi connectivity index (χ1v) is 7.11. The van der Waals surface area contributed by atoms with Crippen molar-refractivity contribution in [3.8, 4) is 17.2 Å². The third kappa shape index (κ3) is 3.24. The maximum absolute atomic E-state index is 12.8. The van der Waals surface area contributed by atoms with E-state index in [4.69, 9.17) is 9.15 Å². The van der Waals surface area contributed by atoms with Gasteiger partial charge >= 0.3 is 6.18 Å². The molecular weight excluding hydrogens is 321 g/mol. The second kappa shape index (κ2) is 6.35. The summed E-state index contributed by atoms with van der Waals surface area (Å²) >= 11 is 0. The van der Waals surface area contributed by atoms with Crippen molar-refractivity contribution in [2.24, 2.45) is 5.92 Å². The van der Waals surface area contributed by atoms with E-state index in [2.05, 4.69) is 16.5 Å². The number of allylic oxidation sites excluding steroid dienone is 2. The van der Waals surface area contributed by atoms with Gasteiger partial charge in [-0.2, -0.15) is 13.2 Å². The van der Waals surface area contributed by atoms with Crippen LogP contribution >= 0.6 is 0 Å². The van der Waals surface area contributed by atoms with E-state index >= 15 is 0 Å². The molecule has 1 aliphatic rings. The molecule has 0 saturated heterocycles. The van der Waals surface area contributed by atoms with Crippen LogP contribution in [0.3, 0.4) is 0 Å². The molecule has 0 N–H and O–H groups in total. The summed E-state index contributed by atoms with van der Waals surface area (Å²) < 4.78 is 49.4. The Hall–Kier alpha value is -2.83. The predicted molar refractivity (Wildman–Crippen MR) is 83.0 cm³/mol. The number of halogens is 3. The van der Waals surface area contributed by atoms with Crippen LogP contribution in [0.2, 0.25) is 0 Å². The Balaban J connectivity index is 1.94. The minimum Gasteiger partial charge on any atom is -0.487 e. The SMILES string of the molecule is C=CCOc1cnccc1-c1nc2c(o1)C=CC(C(F)(F)F)C=C2. The van der Waals surface area contributed by atoms with Crippen LogP contribution in [0, 0.1) is 5.92 Å². The summed E-state index contributed by atoms with van der Waals surface area (Å²) in [5, 5.41) is 0. The lowest BCUT2D eigenvalue weighted by molar-refractivity contribution is -0.148. The molecule has 0 radical (unpaired) electrons. The van der Waals surface area contributed by atoms with E-state index < -0.39 is 12.1 Å². The summed E-state index contributed by atoms with van der Waals surface area (Å²) in [5.41, 5.74) is 0.897. The molecule has 2 aromatic rings. The number of aromatic nitrogens is 2. The van der Waals surface area contributed by atoms with E-state index in [1.165, 1.54) is 18.3 Å². The molecule has 0 aliphatic heterocycles. The maximum Gasteiger partial charge on any atom is 0.398 e. The lowest BCUT2D eigenvalue weighted by Gasteiger charge is -2.11. The minimum atomic E-state index is -4.34. The molecular formula is C17H13F3N2O2. The molecule has 0 saturated carbocycles. The highest BCUT2D eigenvalue weighted by Crippen LogP contribution is 2.35. The summed E-state index contributed by atoms with van der Waals surface area (Å²) in [4.78, 5) is 8.24. The first-order valence-electron chi connectivity index (χ1n) is 7.11. The molecule has 124 valence electrons. The lowest BCUT2D eigenvalue weighted by Crippen LogP contribution is -2.18. The van der Waals surface area contributed by atoms with E-state index in [-0.39, 0.29) is 18.3 Å². The van der Waals surface area contributed by atoms with Crippen LogP contribution < -0.4 is 4.74 Å².